The van der Waals surface area contributed by atoms with Gasteiger partial charge in [-0.2, -0.15) is 18.4 Å². The van der Waals surface area contributed by atoms with E-state index < -0.39 is 58.1 Å². The van der Waals surface area contributed by atoms with Crippen molar-refractivity contribution in [3.8, 4) is 17.6 Å². The zero-order valence-corrected chi connectivity index (χ0v) is 17.6. The number of carbonyl (C=O) groups is 2. The highest BCUT2D eigenvalue weighted by Gasteiger charge is 2.39. The number of anilines is 1. The number of aliphatic hydroxyl groups excluding tert-OH is 1. The summed E-state index contributed by atoms with van der Waals surface area (Å²) in [6, 6.07) is 8.37. The van der Waals surface area contributed by atoms with E-state index in [1.165, 1.54) is 37.4 Å². The molecule has 0 bridgehead atoms. The number of methoxy groups -OCH3 is 1. The van der Waals surface area contributed by atoms with Crippen LogP contribution in [0.1, 0.15) is 29.8 Å². The van der Waals surface area contributed by atoms with Crippen molar-refractivity contribution in [1.29, 1.82) is 5.26 Å². The number of hydrogen-bond acceptors (Lipinski definition) is 6. The molecule has 33 heavy (non-hydrogen) atoms. The molecule has 0 radical (unpaired) electrons. The van der Waals surface area contributed by atoms with Crippen molar-refractivity contribution in [2.75, 3.05) is 12.4 Å². The SMILES string of the molecule is COc1cccc(C(=O)c2cc(F)c(NC(=O)/C(C#N)=C(/C)O)cc2O[C@@H](C)C(F)(F)F)c1. The van der Waals surface area contributed by atoms with Gasteiger partial charge in [0.2, 0.25) is 0 Å². The topological polar surface area (TPSA) is 109 Å². The van der Waals surface area contributed by atoms with Crippen molar-refractivity contribution >= 4 is 17.4 Å². The minimum atomic E-state index is -4.81. The molecule has 0 spiro atoms. The van der Waals surface area contributed by atoms with Crippen LogP contribution in [-0.2, 0) is 4.79 Å². The van der Waals surface area contributed by atoms with Gasteiger partial charge in [-0.05, 0) is 32.0 Å². The average molecular weight is 466 g/mol. The Bertz CT molecular complexity index is 1150. The molecule has 0 saturated heterocycles. The third-order valence-electron chi connectivity index (χ3n) is 4.36. The van der Waals surface area contributed by atoms with E-state index in [1.54, 1.807) is 0 Å². The maximum Gasteiger partial charge on any atom is 0.425 e. The van der Waals surface area contributed by atoms with Crippen LogP contribution in [0.4, 0.5) is 23.2 Å². The quantitative estimate of drug-likeness (QED) is 0.202. The van der Waals surface area contributed by atoms with Crippen molar-refractivity contribution in [1.82, 2.24) is 0 Å². The lowest BCUT2D eigenvalue weighted by Gasteiger charge is -2.20. The van der Waals surface area contributed by atoms with Crippen molar-refractivity contribution in [3.05, 3.63) is 64.7 Å². The molecule has 2 aromatic carbocycles. The van der Waals surface area contributed by atoms with Crippen LogP contribution in [0.5, 0.6) is 11.5 Å². The molecule has 2 rings (SSSR count). The largest absolute Gasteiger partial charge is 0.511 e. The highest BCUT2D eigenvalue weighted by Crippen LogP contribution is 2.33. The summed E-state index contributed by atoms with van der Waals surface area (Å²) in [4.78, 5) is 25.1. The summed E-state index contributed by atoms with van der Waals surface area (Å²) >= 11 is 0. The van der Waals surface area contributed by atoms with E-state index in [2.05, 4.69) is 0 Å². The van der Waals surface area contributed by atoms with Crippen LogP contribution in [0.2, 0.25) is 0 Å². The molecule has 2 N–H and O–H groups in total. The van der Waals surface area contributed by atoms with Crippen LogP contribution >= 0.6 is 0 Å². The molecule has 1 amide bonds. The van der Waals surface area contributed by atoms with Crippen molar-refractivity contribution in [2.24, 2.45) is 0 Å². The van der Waals surface area contributed by atoms with Gasteiger partial charge in [0.15, 0.2) is 17.5 Å². The first-order chi connectivity index (χ1) is 15.4. The minimum absolute atomic E-state index is 0.0133. The first-order valence-corrected chi connectivity index (χ1v) is 9.26. The maximum atomic E-state index is 14.7. The predicted molar refractivity (Wildman–Crippen MR) is 109 cm³/mol. The van der Waals surface area contributed by atoms with Crippen LogP contribution in [0.25, 0.3) is 0 Å². The Kier molecular flexibility index (Phi) is 7.66. The third kappa shape index (κ3) is 6.00. The lowest BCUT2D eigenvalue weighted by molar-refractivity contribution is -0.189. The number of carbonyl (C=O) groups excluding carboxylic acids is 2. The molecule has 0 saturated carbocycles. The van der Waals surface area contributed by atoms with E-state index in [4.69, 9.17) is 14.7 Å². The van der Waals surface area contributed by atoms with Gasteiger partial charge in [0, 0.05) is 11.6 Å². The lowest BCUT2D eigenvalue weighted by atomic mass is 10.0. The molecule has 0 aliphatic carbocycles. The fraction of sp³-hybridized carbons (Fsp3) is 0.227. The Balaban J connectivity index is 2.58. The average Bonchev–Trinajstić information content (AvgIpc) is 2.74. The second kappa shape index (κ2) is 10.0. The van der Waals surface area contributed by atoms with Crippen molar-refractivity contribution in [2.45, 2.75) is 26.1 Å². The Morgan fingerprint density at radius 1 is 1.21 bits per heavy atom. The number of halogens is 4. The zero-order chi connectivity index (χ0) is 24.9. The number of ketones is 1. The lowest BCUT2D eigenvalue weighted by Crippen LogP contribution is -2.31. The van der Waals surface area contributed by atoms with Gasteiger partial charge in [-0.1, -0.05) is 12.1 Å². The van der Waals surface area contributed by atoms with Gasteiger partial charge in [-0.3, -0.25) is 9.59 Å². The van der Waals surface area contributed by atoms with Gasteiger partial charge >= 0.3 is 6.18 Å². The molecule has 0 aromatic heterocycles. The van der Waals surface area contributed by atoms with Crippen molar-refractivity contribution < 1.29 is 41.7 Å². The Hall–Kier alpha value is -4.07. The molecule has 0 unspecified atom stereocenters. The van der Waals surface area contributed by atoms with E-state index in [-0.39, 0.29) is 11.3 Å². The van der Waals surface area contributed by atoms with E-state index >= 15 is 0 Å². The van der Waals surface area contributed by atoms with Crippen LogP contribution < -0.4 is 14.8 Å². The molecule has 7 nitrogen and oxygen atoms in total. The van der Waals surface area contributed by atoms with Gasteiger partial charge in [0.05, 0.1) is 18.4 Å². The molecular weight excluding hydrogens is 448 g/mol. The number of amides is 1. The number of nitrogens with one attached hydrogen (secondary N) is 1. The van der Waals surface area contributed by atoms with Crippen LogP contribution in [0, 0.1) is 17.1 Å². The summed E-state index contributed by atoms with van der Waals surface area (Å²) < 4.78 is 63.9. The van der Waals surface area contributed by atoms with Crippen LogP contribution in [0.15, 0.2) is 47.7 Å². The number of ether oxygens (including phenoxy) is 2. The summed E-state index contributed by atoms with van der Waals surface area (Å²) in [7, 11) is 1.35. The summed E-state index contributed by atoms with van der Waals surface area (Å²) in [6.45, 7) is 1.73. The van der Waals surface area contributed by atoms with Crippen molar-refractivity contribution in [3.63, 3.8) is 0 Å². The molecule has 0 heterocycles. The van der Waals surface area contributed by atoms with E-state index in [9.17, 15) is 32.3 Å². The molecule has 174 valence electrons. The van der Waals surface area contributed by atoms with Gasteiger partial charge in [0.1, 0.15) is 29.1 Å². The summed E-state index contributed by atoms with van der Waals surface area (Å²) in [5.74, 6) is -4.28. The molecule has 0 fully saturated rings. The minimum Gasteiger partial charge on any atom is -0.511 e. The van der Waals surface area contributed by atoms with Crippen LogP contribution in [-0.4, -0.2) is 36.2 Å². The molecule has 0 aliphatic rings. The molecule has 0 aliphatic heterocycles. The van der Waals surface area contributed by atoms with Gasteiger partial charge in [0.25, 0.3) is 5.91 Å². The summed E-state index contributed by atoms with van der Waals surface area (Å²) in [6.07, 6.45) is -7.18. The fourth-order valence-electron chi connectivity index (χ4n) is 2.58. The number of allylic oxidation sites excluding steroid dienone is 1. The number of aliphatic hydroxyl groups is 1. The van der Waals surface area contributed by atoms with E-state index in [0.717, 1.165) is 6.92 Å². The van der Waals surface area contributed by atoms with Gasteiger partial charge < -0.3 is 19.9 Å². The summed E-state index contributed by atoms with van der Waals surface area (Å²) in [5, 5.41) is 20.3. The molecule has 11 heteroatoms. The van der Waals surface area contributed by atoms with E-state index in [1.807, 2.05) is 5.32 Å². The molecule has 2 aromatic rings. The monoisotopic (exact) mass is 466 g/mol. The number of rotatable bonds is 7. The van der Waals surface area contributed by atoms with E-state index in [0.29, 0.717) is 19.1 Å². The smallest absolute Gasteiger partial charge is 0.425 e. The van der Waals surface area contributed by atoms with Gasteiger partial charge in [-0.15, -0.1) is 0 Å². The second-order valence-corrected chi connectivity index (χ2v) is 6.72. The Morgan fingerprint density at radius 2 is 1.88 bits per heavy atom. The standard InChI is InChI=1S/C22H18F4N2O5/c1-11(29)16(10-27)21(31)28-18-9-19(33-12(2)22(24,25)26)15(8-17(18)23)20(30)13-5-4-6-14(7-13)32-3/h4-9,12,29H,1-3H3,(H,28,31)/b16-11-/t12-/m0/s1. The highest BCUT2D eigenvalue weighted by molar-refractivity contribution is 6.12. The van der Waals surface area contributed by atoms with Crippen LogP contribution in [0.3, 0.4) is 0 Å². The number of nitriles is 1. The number of benzene rings is 2. The molecular formula is C22H18F4N2O5. The fourth-order valence-corrected chi connectivity index (χ4v) is 2.58. The van der Waals surface area contributed by atoms with Gasteiger partial charge in [-0.25, -0.2) is 4.39 Å². The maximum absolute atomic E-state index is 14.7. The highest BCUT2D eigenvalue weighted by atomic mass is 19.4. The second-order valence-electron chi connectivity index (χ2n) is 6.72. The predicted octanol–water partition coefficient (Wildman–Crippen LogP) is 4.69. The number of nitrogens with zero attached hydrogens (tertiary/aromatic N) is 1. The zero-order valence-electron chi connectivity index (χ0n) is 17.6. The first kappa shape index (κ1) is 25.2. The summed E-state index contributed by atoms with van der Waals surface area (Å²) in [5.41, 5.74) is -1.96. The third-order valence-corrected chi connectivity index (χ3v) is 4.36. The number of alkyl halides is 3. The normalized spacial score (nSPS) is 12.8. The Labute approximate surface area is 185 Å². The molecule has 1 atom stereocenters. The first-order valence-electron chi connectivity index (χ1n) is 9.26. The number of hydrogen-bond donors (Lipinski definition) is 2. The Morgan fingerprint density at radius 3 is 2.42 bits per heavy atom.